The third-order valence-corrected chi connectivity index (χ3v) is 7.17. The van der Waals surface area contributed by atoms with Gasteiger partial charge in [-0.05, 0) is 70.6 Å². The number of fused-ring (bicyclic) bond motifs is 1. The molecule has 5 heterocycles. The van der Waals surface area contributed by atoms with E-state index in [4.69, 9.17) is 4.74 Å². The quantitative estimate of drug-likeness (QED) is 0.279. The number of benzene rings is 1. The molecule has 1 aliphatic rings. The molecule has 0 bridgehead atoms. The van der Waals surface area contributed by atoms with Crippen molar-refractivity contribution in [2.75, 3.05) is 32.1 Å². The van der Waals surface area contributed by atoms with E-state index in [1.165, 1.54) is 6.42 Å². The number of carbonyl (C=O) groups is 1. The number of aryl methyl sites for hydroxylation is 1. The Labute approximate surface area is 259 Å². The Hall–Kier alpha value is -4.77. The summed E-state index contributed by atoms with van der Waals surface area (Å²) >= 11 is 0. The zero-order valence-corrected chi connectivity index (χ0v) is 26.8. The van der Waals surface area contributed by atoms with Crippen molar-refractivity contribution in [3.8, 4) is 11.4 Å². The topological polar surface area (TPSA) is 112 Å². The van der Waals surface area contributed by atoms with Gasteiger partial charge in [0.15, 0.2) is 11.9 Å². The number of imidazole rings is 1. The van der Waals surface area contributed by atoms with Crippen LogP contribution < -0.4 is 20.5 Å². The van der Waals surface area contributed by atoms with E-state index in [0.29, 0.717) is 24.6 Å². The number of hydrogen-bond acceptors (Lipinski definition) is 8. The fourth-order valence-electron chi connectivity index (χ4n) is 4.83. The number of likely N-dealkylation sites (N-methyl/N-ethyl adjacent to an activating group) is 1. The SMILES string of the molecule is CC.CCn1c(C)c(C=O)c(=O)n1-c1ccccc1.CN[C@H]1CCN(c2ccc3ncc(C)n3n2)C1.COc1cccnc1. The van der Waals surface area contributed by atoms with Crippen LogP contribution in [0.5, 0.6) is 5.75 Å². The molecule has 0 radical (unpaired) electrons. The first kappa shape index (κ1) is 33.7. The number of hydrogen-bond donors (Lipinski definition) is 1. The summed E-state index contributed by atoms with van der Waals surface area (Å²) in [6.45, 7) is 12.5. The second-order valence-electron chi connectivity index (χ2n) is 9.76. The molecule has 4 aromatic heterocycles. The van der Waals surface area contributed by atoms with Crippen molar-refractivity contribution in [3.63, 3.8) is 0 Å². The van der Waals surface area contributed by atoms with Crippen LogP contribution in [0.25, 0.3) is 11.3 Å². The minimum absolute atomic E-state index is 0.232. The lowest BCUT2D eigenvalue weighted by molar-refractivity contribution is 0.112. The maximum atomic E-state index is 12.1. The number of aldehydes is 1. The Morgan fingerprint density at radius 3 is 2.36 bits per heavy atom. The number of carbonyl (C=O) groups excluding carboxylic acids is 1. The van der Waals surface area contributed by atoms with Gasteiger partial charge in [-0.3, -0.25) is 19.3 Å². The van der Waals surface area contributed by atoms with Gasteiger partial charge < -0.3 is 15.0 Å². The predicted octanol–water partition coefficient (Wildman–Crippen LogP) is 4.73. The highest BCUT2D eigenvalue weighted by atomic mass is 16.5. The molecule has 11 nitrogen and oxygen atoms in total. The van der Waals surface area contributed by atoms with Crippen LogP contribution >= 0.6 is 0 Å². The van der Waals surface area contributed by atoms with E-state index in [0.717, 1.165) is 41.7 Å². The molecular weight excluding hydrogens is 556 g/mol. The van der Waals surface area contributed by atoms with Gasteiger partial charge in [0.25, 0.3) is 5.56 Å². The van der Waals surface area contributed by atoms with E-state index in [2.05, 4.69) is 31.3 Å². The number of ether oxygens (including phenoxy) is 1. The van der Waals surface area contributed by atoms with Crippen molar-refractivity contribution in [1.29, 1.82) is 0 Å². The number of aromatic nitrogens is 6. The highest BCUT2D eigenvalue weighted by molar-refractivity contribution is 5.76. The summed E-state index contributed by atoms with van der Waals surface area (Å²) in [5.41, 5.74) is 3.44. The molecule has 5 aromatic rings. The van der Waals surface area contributed by atoms with Gasteiger partial charge in [-0.15, -0.1) is 5.10 Å². The van der Waals surface area contributed by atoms with Crippen LogP contribution in [0.2, 0.25) is 0 Å². The minimum atomic E-state index is -0.259. The molecule has 1 saturated heterocycles. The first-order valence-electron chi connectivity index (χ1n) is 14.9. The van der Waals surface area contributed by atoms with Crippen LogP contribution in [0.3, 0.4) is 0 Å². The molecule has 1 aliphatic heterocycles. The normalized spacial score (nSPS) is 13.6. The van der Waals surface area contributed by atoms with Gasteiger partial charge in [-0.1, -0.05) is 32.0 Å². The van der Waals surface area contributed by atoms with E-state index in [-0.39, 0.29) is 11.1 Å². The van der Waals surface area contributed by atoms with E-state index >= 15 is 0 Å². The molecule has 0 spiro atoms. The zero-order valence-electron chi connectivity index (χ0n) is 26.8. The van der Waals surface area contributed by atoms with Gasteiger partial charge in [0, 0.05) is 37.6 Å². The third kappa shape index (κ3) is 7.99. The Morgan fingerprint density at radius 1 is 1.05 bits per heavy atom. The number of nitrogens with zero attached hydrogens (tertiary/aromatic N) is 7. The van der Waals surface area contributed by atoms with Gasteiger partial charge in [-0.2, -0.15) is 0 Å². The first-order valence-corrected chi connectivity index (χ1v) is 14.9. The van der Waals surface area contributed by atoms with Crippen molar-refractivity contribution in [2.24, 2.45) is 0 Å². The summed E-state index contributed by atoms with van der Waals surface area (Å²) in [5, 5.41) is 7.96. The summed E-state index contributed by atoms with van der Waals surface area (Å²) in [6.07, 6.45) is 7.04. The van der Waals surface area contributed by atoms with Crippen molar-refractivity contribution < 1.29 is 9.53 Å². The van der Waals surface area contributed by atoms with Crippen LogP contribution in [-0.2, 0) is 6.54 Å². The minimum Gasteiger partial charge on any atom is -0.495 e. The summed E-state index contributed by atoms with van der Waals surface area (Å²) in [4.78, 5) is 33.5. The van der Waals surface area contributed by atoms with Crippen molar-refractivity contribution in [2.45, 2.75) is 53.6 Å². The van der Waals surface area contributed by atoms with Crippen LogP contribution in [-0.4, -0.2) is 68.5 Å². The van der Waals surface area contributed by atoms with Crippen LogP contribution in [0.15, 0.2) is 78.0 Å². The van der Waals surface area contributed by atoms with Gasteiger partial charge in [0.05, 0.1) is 30.9 Å². The fraction of sp³-hybridized carbons (Fsp3) is 0.364. The lowest BCUT2D eigenvalue weighted by Crippen LogP contribution is -2.30. The average molecular weight is 601 g/mol. The van der Waals surface area contributed by atoms with Crippen molar-refractivity contribution in [3.05, 3.63) is 100 Å². The monoisotopic (exact) mass is 600 g/mol. The molecule has 11 heteroatoms. The van der Waals surface area contributed by atoms with E-state index in [9.17, 15) is 9.59 Å². The smallest absolute Gasteiger partial charge is 0.282 e. The van der Waals surface area contributed by atoms with E-state index in [1.54, 1.807) is 35.8 Å². The Morgan fingerprint density at radius 2 is 1.80 bits per heavy atom. The second kappa shape index (κ2) is 16.8. The molecule has 1 fully saturated rings. The van der Waals surface area contributed by atoms with E-state index < -0.39 is 0 Å². The zero-order chi connectivity index (χ0) is 32.1. The summed E-state index contributed by atoms with van der Waals surface area (Å²) in [5.74, 6) is 1.84. The number of pyridine rings is 1. The fourth-order valence-corrected chi connectivity index (χ4v) is 4.83. The summed E-state index contributed by atoms with van der Waals surface area (Å²) < 4.78 is 10.1. The number of anilines is 1. The molecule has 0 aliphatic carbocycles. The molecule has 1 atom stereocenters. The number of methoxy groups -OCH3 is 1. The highest BCUT2D eigenvalue weighted by Crippen LogP contribution is 2.18. The van der Waals surface area contributed by atoms with Crippen molar-refractivity contribution >= 4 is 17.8 Å². The van der Waals surface area contributed by atoms with Crippen LogP contribution in [0, 0.1) is 13.8 Å². The Bertz CT molecular complexity index is 1640. The van der Waals surface area contributed by atoms with Crippen LogP contribution in [0.1, 0.15) is 48.9 Å². The van der Waals surface area contributed by atoms with Crippen molar-refractivity contribution in [1.82, 2.24) is 34.3 Å². The molecular formula is C33H44N8O3. The highest BCUT2D eigenvalue weighted by Gasteiger charge is 2.22. The maximum Gasteiger partial charge on any atom is 0.282 e. The molecule has 0 saturated carbocycles. The molecule has 0 amide bonds. The van der Waals surface area contributed by atoms with Crippen LogP contribution in [0.4, 0.5) is 5.82 Å². The third-order valence-electron chi connectivity index (χ3n) is 7.17. The molecule has 44 heavy (non-hydrogen) atoms. The summed E-state index contributed by atoms with van der Waals surface area (Å²) in [6, 6.07) is 17.7. The second-order valence-corrected chi connectivity index (χ2v) is 9.76. The van der Waals surface area contributed by atoms with Gasteiger partial charge >= 0.3 is 0 Å². The molecule has 1 aromatic carbocycles. The number of nitrogens with one attached hydrogen (secondary N) is 1. The molecule has 0 unspecified atom stereocenters. The molecule has 1 N–H and O–H groups in total. The van der Waals surface area contributed by atoms with E-state index in [1.807, 2.05) is 94.0 Å². The van der Waals surface area contributed by atoms with Gasteiger partial charge in [0.1, 0.15) is 17.1 Å². The Balaban J connectivity index is 0.000000186. The lowest BCUT2D eigenvalue weighted by Gasteiger charge is -2.17. The predicted molar refractivity (Wildman–Crippen MR) is 175 cm³/mol. The first-order chi connectivity index (χ1) is 21.4. The molecule has 234 valence electrons. The Kier molecular flexibility index (Phi) is 12.8. The lowest BCUT2D eigenvalue weighted by atomic mass is 10.3. The molecule has 6 rings (SSSR count). The summed E-state index contributed by atoms with van der Waals surface area (Å²) in [7, 11) is 3.64. The largest absolute Gasteiger partial charge is 0.495 e. The maximum absolute atomic E-state index is 12.1. The average Bonchev–Trinajstić information content (AvgIpc) is 3.78. The van der Waals surface area contributed by atoms with Gasteiger partial charge in [-0.25, -0.2) is 14.2 Å². The number of para-hydroxylation sites is 1. The standard InChI is InChI=1S/C13H14N2O2.C12H17N5.C6H7NO.C2H6/c1-3-14-10(2)12(9-16)13(17)15(14)11-7-5-4-6-8-11;1-9-7-14-11-3-4-12(15-17(9)11)16-6-5-10(8-16)13-2;1-8-6-3-2-4-7-5-6;1-2/h4-9H,3H2,1-2H3;3-4,7,10,13H,5-6,8H2,1-2H3;2-5H,1H3;1-2H3/t;10-;;/m.0../s1. The number of rotatable bonds is 6. The van der Waals surface area contributed by atoms with Gasteiger partial charge in [0.2, 0.25) is 0 Å².